The van der Waals surface area contributed by atoms with Crippen molar-refractivity contribution in [1.82, 2.24) is 9.47 Å². The second-order valence-electron chi connectivity index (χ2n) is 6.83. The van der Waals surface area contributed by atoms with Crippen molar-refractivity contribution < 1.29 is 27.6 Å². The lowest BCUT2D eigenvalue weighted by molar-refractivity contribution is -0.141. The molecule has 0 saturated carbocycles. The van der Waals surface area contributed by atoms with Crippen LogP contribution in [-0.4, -0.2) is 39.8 Å². The molecule has 1 aliphatic carbocycles. The number of alkyl halides is 3. The minimum atomic E-state index is -4.40. The first-order valence-corrected chi connectivity index (χ1v) is 8.37. The van der Waals surface area contributed by atoms with Crippen molar-refractivity contribution in [2.75, 3.05) is 6.54 Å². The van der Waals surface area contributed by atoms with Crippen LogP contribution in [0, 0.1) is 25.7 Å². The zero-order chi connectivity index (χ0) is 19.2. The largest absolute Gasteiger partial charge is 0.406 e. The molecular weight excluding hydrogens is 349 g/mol. The molecule has 2 aliphatic rings. The van der Waals surface area contributed by atoms with E-state index in [9.17, 15) is 27.6 Å². The molecule has 5 nitrogen and oxygen atoms in total. The van der Waals surface area contributed by atoms with E-state index in [0.717, 1.165) is 9.47 Å². The van der Waals surface area contributed by atoms with Crippen molar-refractivity contribution in [3.8, 4) is 0 Å². The fraction of sp³-hybridized carbons (Fsp3) is 0.500. The van der Waals surface area contributed by atoms with Crippen molar-refractivity contribution in [1.29, 1.82) is 0 Å². The molecule has 1 aromatic heterocycles. The monoisotopic (exact) mass is 368 g/mol. The zero-order valence-corrected chi connectivity index (χ0v) is 14.5. The van der Waals surface area contributed by atoms with Gasteiger partial charge in [-0.05, 0) is 32.8 Å². The highest BCUT2D eigenvalue weighted by atomic mass is 19.4. The van der Waals surface area contributed by atoms with Crippen molar-refractivity contribution in [2.24, 2.45) is 11.8 Å². The van der Waals surface area contributed by atoms with Crippen molar-refractivity contribution in [3.05, 3.63) is 35.2 Å². The van der Waals surface area contributed by atoms with Crippen molar-refractivity contribution >= 4 is 17.6 Å². The van der Waals surface area contributed by atoms with Crippen molar-refractivity contribution in [3.63, 3.8) is 0 Å². The van der Waals surface area contributed by atoms with Crippen LogP contribution in [0.3, 0.4) is 0 Å². The van der Waals surface area contributed by atoms with Gasteiger partial charge in [0.05, 0.1) is 18.4 Å². The maximum absolute atomic E-state index is 12.7. The predicted octanol–water partition coefficient (Wildman–Crippen LogP) is 2.80. The summed E-state index contributed by atoms with van der Waals surface area (Å²) in [5, 5.41) is 0. The first kappa shape index (κ1) is 18.4. The summed E-state index contributed by atoms with van der Waals surface area (Å²) >= 11 is 0. The Morgan fingerprint density at radius 3 is 2.15 bits per heavy atom. The number of aromatic nitrogens is 1. The van der Waals surface area contributed by atoms with E-state index in [1.807, 2.05) is 12.2 Å². The molecular formula is C18H19F3N2O3. The topological polar surface area (TPSA) is 59.4 Å². The number of amides is 2. The Balaban J connectivity index is 1.80. The number of Topliss-reactive ketones (excluding diaryl/α,β-unsaturated/α-hetero) is 1. The first-order valence-electron chi connectivity index (χ1n) is 8.37. The maximum atomic E-state index is 12.7. The number of carbonyl (C=O) groups is 3. The van der Waals surface area contributed by atoms with Crippen LogP contribution in [0.15, 0.2) is 18.2 Å². The fourth-order valence-electron chi connectivity index (χ4n) is 3.76. The van der Waals surface area contributed by atoms with Crippen LogP contribution < -0.4 is 0 Å². The van der Waals surface area contributed by atoms with E-state index >= 15 is 0 Å². The van der Waals surface area contributed by atoms with Gasteiger partial charge in [0.15, 0.2) is 5.78 Å². The quantitative estimate of drug-likeness (QED) is 0.467. The van der Waals surface area contributed by atoms with Gasteiger partial charge in [0.25, 0.3) is 0 Å². The molecule has 0 spiro atoms. The average molecular weight is 368 g/mol. The lowest BCUT2D eigenvalue weighted by atomic mass is 9.85. The van der Waals surface area contributed by atoms with E-state index in [1.165, 1.54) is 19.9 Å². The average Bonchev–Trinajstić information content (AvgIpc) is 2.97. The van der Waals surface area contributed by atoms with E-state index in [1.54, 1.807) is 0 Å². The molecule has 8 heteroatoms. The summed E-state index contributed by atoms with van der Waals surface area (Å²) in [7, 11) is 0. The van der Waals surface area contributed by atoms with Gasteiger partial charge < -0.3 is 4.57 Å². The van der Waals surface area contributed by atoms with E-state index in [0.29, 0.717) is 18.5 Å². The smallest absolute Gasteiger partial charge is 0.339 e. The summed E-state index contributed by atoms with van der Waals surface area (Å²) in [6.45, 7) is 1.31. The molecule has 0 N–H and O–H groups in total. The maximum Gasteiger partial charge on any atom is 0.406 e. The van der Waals surface area contributed by atoms with Gasteiger partial charge in [0.2, 0.25) is 11.8 Å². The summed E-state index contributed by atoms with van der Waals surface area (Å²) in [6.07, 6.45) is 0.239. The highest BCUT2D eigenvalue weighted by molar-refractivity contribution is 6.10. The molecule has 26 heavy (non-hydrogen) atoms. The van der Waals surface area contributed by atoms with Gasteiger partial charge >= 0.3 is 6.18 Å². The Bertz CT molecular complexity index is 781. The molecule has 1 aromatic rings. The van der Waals surface area contributed by atoms with Crippen LogP contribution in [0.25, 0.3) is 0 Å². The minimum Gasteiger partial charge on any atom is -0.339 e. The molecule has 1 saturated heterocycles. The summed E-state index contributed by atoms with van der Waals surface area (Å²) in [6, 6.07) is 1.38. The van der Waals surface area contributed by atoms with Crippen molar-refractivity contribution in [2.45, 2.75) is 39.4 Å². The van der Waals surface area contributed by atoms with Crippen LogP contribution in [0.4, 0.5) is 13.2 Å². The van der Waals surface area contributed by atoms with Gasteiger partial charge in [-0.2, -0.15) is 13.2 Å². The molecule has 1 fully saturated rings. The van der Waals surface area contributed by atoms with Gasteiger partial charge in [-0.15, -0.1) is 0 Å². The van der Waals surface area contributed by atoms with Crippen LogP contribution in [0.2, 0.25) is 0 Å². The number of aryl methyl sites for hydroxylation is 1. The number of halogens is 3. The molecule has 3 rings (SSSR count). The molecule has 0 radical (unpaired) electrons. The summed E-state index contributed by atoms with van der Waals surface area (Å²) in [4.78, 5) is 38.4. The highest BCUT2D eigenvalue weighted by Crippen LogP contribution is 2.35. The van der Waals surface area contributed by atoms with Crippen LogP contribution in [0.1, 0.15) is 34.6 Å². The number of carbonyl (C=O) groups excluding carboxylic acids is 3. The molecule has 2 heterocycles. The van der Waals surface area contributed by atoms with Gasteiger partial charge in [0, 0.05) is 17.0 Å². The Hall–Kier alpha value is -2.38. The standard InChI is InChI=1S/C18H19F3N2O3/c1-10-7-14(11(2)23(10)9-18(19,20)21)15(24)8-22-16(25)12-5-3-4-6-13(12)17(22)26/h3-4,7,12-13H,5-6,8-9H2,1-2H3/t12-,13-/m0/s1. The van der Waals surface area contributed by atoms with Gasteiger partial charge in [-0.25, -0.2) is 0 Å². The summed E-state index contributed by atoms with van der Waals surface area (Å²) in [5.74, 6) is -2.14. The number of ketones is 1. The Morgan fingerprint density at radius 1 is 1.12 bits per heavy atom. The number of hydrogen-bond donors (Lipinski definition) is 0. The lowest BCUT2D eigenvalue weighted by Crippen LogP contribution is -2.36. The zero-order valence-electron chi connectivity index (χ0n) is 14.5. The molecule has 0 unspecified atom stereocenters. The molecule has 2 amide bonds. The highest BCUT2D eigenvalue weighted by Gasteiger charge is 2.47. The molecule has 140 valence electrons. The number of likely N-dealkylation sites (tertiary alicyclic amines) is 1. The number of allylic oxidation sites excluding steroid dienone is 2. The summed E-state index contributed by atoms with van der Waals surface area (Å²) in [5.41, 5.74) is 0.600. The second kappa shape index (κ2) is 6.41. The van der Waals surface area contributed by atoms with E-state index in [2.05, 4.69) is 0 Å². The first-order chi connectivity index (χ1) is 12.1. The summed E-state index contributed by atoms with van der Waals surface area (Å²) < 4.78 is 39.1. The third kappa shape index (κ3) is 3.20. The normalized spacial score (nSPS) is 22.9. The predicted molar refractivity (Wildman–Crippen MR) is 86.4 cm³/mol. The van der Waals surface area contributed by atoms with Gasteiger partial charge in [-0.1, -0.05) is 12.2 Å². The number of rotatable bonds is 4. The van der Waals surface area contributed by atoms with Gasteiger partial charge in [0.1, 0.15) is 6.54 Å². The van der Waals surface area contributed by atoms with E-state index < -0.39 is 36.9 Å². The van der Waals surface area contributed by atoms with Crippen LogP contribution in [0.5, 0.6) is 0 Å². The number of imide groups is 1. The Labute approximate surface area is 148 Å². The minimum absolute atomic E-state index is 0.111. The SMILES string of the molecule is Cc1cc(C(=O)CN2C(=O)[C@H]3CC=CC[C@@H]3C2=O)c(C)n1CC(F)(F)F. The third-order valence-electron chi connectivity index (χ3n) is 5.11. The van der Waals surface area contributed by atoms with Gasteiger partial charge in [-0.3, -0.25) is 19.3 Å². The van der Waals surface area contributed by atoms with E-state index in [4.69, 9.17) is 0 Å². The number of hydrogen-bond acceptors (Lipinski definition) is 3. The third-order valence-corrected chi connectivity index (χ3v) is 5.11. The number of nitrogens with zero attached hydrogens (tertiary/aromatic N) is 2. The molecule has 1 aliphatic heterocycles. The van der Waals surface area contributed by atoms with Crippen LogP contribution >= 0.6 is 0 Å². The molecule has 0 aromatic carbocycles. The Morgan fingerprint density at radius 2 is 1.65 bits per heavy atom. The lowest BCUT2D eigenvalue weighted by Gasteiger charge is -2.14. The second-order valence-corrected chi connectivity index (χ2v) is 6.83. The van der Waals surface area contributed by atoms with Crippen LogP contribution in [-0.2, 0) is 16.1 Å². The Kier molecular flexibility index (Phi) is 4.54. The number of fused-ring (bicyclic) bond motifs is 1. The van der Waals surface area contributed by atoms with E-state index in [-0.39, 0.29) is 23.1 Å². The molecule has 2 atom stereocenters. The fourth-order valence-corrected chi connectivity index (χ4v) is 3.76. The molecule has 0 bridgehead atoms.